The van der Waals surface area contributed by atoms with Crippen LogP contribution in [0.1, 0.15) is 50.7 Å². The van der Waals surface area contributed by atoms with Gasteiger partial charge >= 0.3 is 0 Å². The molecule has 1 nitrogen and oxygen atoms in total. The van der Waals surface area contributed by atoms with Gasteiger partial charge in [-0.05, 0) is 43.2 Å². The van der Waals surface area contributed by atoms with Gasteiger partial charge in [0.1, 0.15) is 0 Å². The molecule has 1 N–H and O–H groups in total. The minimum atomic E-state index is -0.621. The second-order valence-electron chi connectivity index (χ2n) is 5.18. The van der Waals surface area contributed by atoms with Crippen molar-refractivity contribution < 1.29 is 5.11 Å². The minimum absolute atomic E-state index is 0.433. The molecule has 0 saturated carbocycles. The van der Waals surface area contributed by atoms with Crippen molar-refractivity contribution in [2.24, 2.45) is 5.92 Å². The third-order valence-electron chi connectivity index (χ3n) is 4.03. The fraction of sp³-hybridized carbons (Fsp3) is 0.600. The summed E-state index contributed by atoms with van der Waals surface area (Å²) in [4.78, 5) is 0. The molecular formula is C15H22O. The van der Waals surface area contributed by atoms with Gasteiger partial charge in [0.05, 0.1) is 5.60 Å². The standard InChI is InChI=1S/C15H22O/c1-3-4-8-13-11-10-12-7-5-6-9-14(12)15(13,2)16/h5-7,9,13,16H,3-4,8,10-11H2,1-2H3. The largest absolute Gasteiger partial charge is 0.385 e. The molecule has 0 spiro atoms. The molecule has 2 rings (SSSR count). The van der Waals surface area contributed by atoms with Crippen LogP contribution in [0.25, 0.3) is 0 Å². The Balaban J connectivity index is 2.24. The van der Waals surface area contributed by atoms with Crippen LogP contribution in [0.5, 0.6) is 0 Å². The van der Waals surface area contributed by atoms with Gasteiger partial charge in [0.15, 0.2) is 0 Å². The number of fused-ring (bicyclic) bond motifs is 1. The van der Waals surface area contributed by atoms with Crippen LogP contribution < -0.4 is 0 Å². The smallest absolute Gasteiger partial charge is 0.0899 e. The average molecular weight is 218 g/mol. The molecule has 0 aliphatic heterocycles. The zero-order valence-corrected chi connectivity index (χ0v) is 10.4. The summed E-state index contributed by atoms with van der Waals surface area (Å²) >= 11 is 0. The number of aryl methyl sites for hydroxylation is 1. The predicted octanol–water partition coefficient (Wildman–Crippen LogP) is 3.65. The fourth-order valence-electron chi connectivity index (χ4n) is 2.94. The quantitative estimate of drug-likeness (QED) is 0.821. The molecule has 0 heterocycles. The summed E-state index contributed by atoms with van der Waals surface area (Å²) in [7, 11) is 0. The molecule has 0 radical (unpaired) electrons. The van der Waals surface area contributed by atoms with Crippen molar-refractivity contribution in [2.45, 2.75) is 51.6 Å². The van der Waals surface area contributed by atoms with E-state index in [0.29, 0.717) is 5.92 Å². The lowest BCUT2D eigenvalue weighted by molar-refractivity contribution is -0.0218. The SMILES string of the molecule is CCCCC1CCc2ccccc2C1(C)O. The Labute approximate surface area is 98.5 Å². The van der Waals surface area contributed by atoms with E-state index in [1.165, 1.54) is 18.4 Å². The van der Waals surface area contributed by atoms with Crippen LogP contribution in [0.2, 0.25) is 0 Å². The first-order valence-electron chi connectivity index (χ1n) is 6.47. The first-order valence-corrected chi connectivity index (χ1v) is 6.47. The molecule has 1 aliphatic rings. The van der Waals surface area contributed by atoms with Gasteiger partial charge in [0.2, 0.25) is 0 Å². The van der Waals surface area contributed by atoms with Crippen molar-refractivity contribution in [3.8, 4) is 0 Å². The Hall–Kier alpha value is -0.820. The van der Waals surface area contributed by atoms with Crippen LogP contribution in [-0.4, -0.2) is 5.11 Å². The van der Waals surface area contributed by atoms with E-state index in [1.807, 2.05) is 13.0 Å². The van der Waals surface area contributed by atoms with E-state index < -0.39 is 5.60 Å². The normalized spacial score (nSPS) is 28.8. The first-order chi connectivity index (χ1) is 7.66. The van der Waals surface area contributed by atoms with E-state index in [2.05, 4.69) is 25.1 Å². The lowest BCUT2D eigenvalue weighted by Gasteiger charge is -2.39. The molecule has 1 heteroatoms. The minimum Gasteiger partial charge on any atom is -0.385 e. The van der Waals surface area contributed by atoms with Crippen molar-refractivity contribution in [3.63, 3.8) is 0 Å². The summed E-state index contributed by atoms with van der Waals surface area (Å²) in [5, 5.41) is 10.7. The third-order valence-corrected chi connectivity index (χ3v) is 4.03. The molecule has 1 aliphatic carbocycles. The van der Waals surface area contributed by atoms with Gasteiger partial charge < -0.3 is 5.11 Å². The van der Waals surface area contributed by atoms with Gasteiger partial charge in [-0.2, -0.15) is 0 Å². The molecule has 1 aromatic rings. The lowest BCUT2D eigenvalue weighted by Crippen LogP contribution is -2.36. The molecule has 0 aromatic heterocycles. The van der Waals surface area contributed by atoms with Crippen LogP contribution in [-0.2, 0) is 12.0 Å². The highest BCUT2D eigenvalue weighted by Crippen LogP contribution is 2.41. The zero-order valence-electron chi connectivity index (χ0n) is 10.4. The molecule has 2 atom stereocenters. The van der Waals surface area contributed by atoms with Gasteiger partial charge in [0.25, 0.3) is 0 Å². The highest BCUT2D eigenvalue weighted by molar-refractivity contribution is 5.34. The van der Waals surface area contributed by atoms with Crippen LogP contribution in [0, 0.1) is 5.92 Å². The molecule has 0 amide bonds. The van der Waals surface area contributed by atoms with Crippen molar-refractivity contribution in [1.29, 1.82) is 0 Å². The molecule has 0 fully saturated rings. The molecule has 16 heavy (non-hydrogen) atoms. The van der Waals surface area contributed by atoms with Crippen molar-refractivity contribution in [2.75, 3.05) is 0 Å². The summed E-state index contributed by atoms with van der Waals surface area (Å²) in [6, 6.07) is 8.35. The monoisotopic (exact) mass is 218 g/mol. The molecule has 88 valence electrons. The lowest BCUT2D eigenvalue weighted by atomic mass is 9.71. The Morgan fingerprint density at radius 3 is 2.88 bits per heavy atom. The number of hydrogen-bond donors (Lipinski definition) is 1. The Morgan fingerprint density at radius 2 is 2.12 bits per heavy atom. The summed E-state index contributed by atoms with van der Waals surface area (Å²) in [5.41, 5.74) is 1.87. The predicted molar refractivity (Wildman–Crippen MR) is 67.3 cm³/mol. The van der Waals surface area contributed by atoms with E-state index in [9.17, 15) is 5.11 Å². The van der Waals surface area contributed by atoms with Crippen LogP contribution in [0.15, 0.2) is 24.3 Å². The Kier molecular flexibility index (Phi) is 3.34. The molecule has 0 saturated heterocycles. The molecular weight excluding hydrogens is 196 g/mol. The summed E-state index contributed by atoms with van der Waals surface area (Å²) in [6.07, 6.45) is 5.85. The van der Waals surface area contributed by atoms with Crippen LogP contribution in [0.4, 0.5) is 0 Å². The Bertz CT molecular complexity index is 354. The fourth-order valence-corrected chi connectivity index (χ4v) is 2.94. The number of aliphatic hydroxyl groups is 1. The van der Waals surface area contributed by atoms with E-state index in [4.69, 9.17) is 0 Å². The molecule has 0 bridgehead atoms. The summed E-state index contributed by atoms with van der Waals surface area (Å²) in [5.74, 6) is 0.433. The van der Waals surface area contributed by atoms with Crippen LogP contribution in [0.3, 0.4) is 0 Å². The summed E-state index contributed by atoms with van der Waals surface area (Å²) < 4.78 is 0. The van der Waals surface area contributed by atoms with E-state index >= 15 is 0 Å². The van der Waals surface area contributed by atoms with Crippen molar-refractivity contribution in [1.82, 2.24) is 0 Å². The number of unbranched alkanes of at least 4 members (excludes halogenated alkanes) is 1. The average Bonchev–Trinajstić information content (AvgIpc) is 2.28. The van der Waals surface area contributed by atoms with E-state index in [0.717, 1.165) is 24.8 Å². The number of hydrogen-bond acceptors (Lipinski definition) is 1. The van der Waals surface area contributed by atoms with Crippen LogP contribution >= 0.6 is 0 Å². The second kappa shape index (κ2) is 4.58. The van der Waals surface area contributed by atoms with Gasteiger partial charge in [-0.25, -0.2) is 0 Å². The number of benzene rings is 1. The Morgan fingerprint density at radius 1 is 1.38 bits per heavy atom. The zero-order chi connectivity index (χ0) is 11.6. The number of rotatable bonds is 3. The highest BCUT2D eigenvalue weighted by atomic mass is 16.3. The third kappa shape index (κ3) is 2.01. The maximum atomic E-state index is 10.7. The van der Waals surface area contributed by atoms with Gasteiger partial charge in [-0.1, -0.05) is 44.0 Å². The topological polar surface area (TPSA) is 20.2 Å². The molecule has 1 aromatic carbocycles. The van der Waals surface area contributed by atoms with Gasteiger partial charge in [0, 0.05) is 0 Å². The maximum Gasteiger partial charge on any atom is 0.0899 e. The van der Waals surface area contributed by atoms with Crippen molar-refractivity contribution >= 4 is 0 Å². The van der Waals surface area contributed by atoms with E-state index in [1.54, 1.807) is 0 Å². The summed E-state index contributed by atoms with van der Waals surface area (Å²) in [6.45, 7) is 4.21. The van der Waals surface area contributed by atoms with Gasteiger partial charge in [-0.15, -0.1) is 0 Å². The molecule has 2 unspecified atom stereocenters. The first kappa shape index (κ1) is 11.7. The van der Waals surface area contributed by atoms with Gasteiger partial charge in [-0.3, -0.25) is 0 Å². The van der Waals surface area contributed by atoms with Crippen molar-refractivity contribution in [3.05, 3.63) is 35.4 Å². The highest BCUT2D eigenvalue weighted by Gasteiger charge is 2.37. The second-order valence-corrected chi connectivity index (χ2v) is 5.18. The van der Waals surface area contributed by atoms with E-state index in [-0.39, 0.29) is 0 Å². The maximum absolute atomic E-state index is 10.7.